The van der Waals surface area contributed by atoms with Gasteiger partial charge in [0.1, 0.15) is 29.3 Å². The lowest BCUT2D eigenvalue weighted by molar-refractivity contribution is -0.159. The molecule has 248 valence electrons. The van der Waals surface area contributed by atoms with Gasteiger partial charge in [0, 0.05) is 13.0 Å². The van der Waals surface area contributed by atoms with Crippen LogP contribution >= 0.6 is 0 Å². The number of benzene rings is 2. The maximum absolute atomic E-state index is 14.4. The molecule has 0 aliphatic heterocycles. The smallest absolute Gasteiger partial charge is 0.408 e. The van der Waals surface area contributed by atoms with Gasteiger partial charge in [0.25, 0.3) is 0 Å². The van der Waals surface area contributed by atoms with Crippen LogP contribution in [0, 0.1) is 19.8 Å². The molecule has 0 spiro atoms. The van der Waals surface area contributed by atoms with Crippen LogP contribution in [-0.2, 0) is 30.3 Å². The third kappa shape index (κ3) is 11.5. The molecule has 2 N–H and O–H groups in total. The van der Waals surface area contributed by atoms with Crippen LogP contribution in [-0.4, -0.2) is 58.6 Å². The summed E-state index contributed by atoms with van der Waals surface area (Å²) < 4.78 is 11.2. The molecule has 0 heterocycles. The van der Waals surface area contributed by atoms with Crippen molar-refractivity contribution in [2.45, 2.75) is 118 Å². The summed E-state index contributed by atoms with van der Waals surface area (Å²) in [4.78, 5) is 56.6. The average molecular weight is 624 g/mol. The van der Waals surface area contributed by atoms with Crippen molar-refractivity contribution in [1.29, 1.82) is 0 Å². The topological polar surface area (TPSA) is 114 Å². The van der Waals surface area contributed by atoms with Gasteiger partial charge in [-0.2, -0.15) is 0 Å². The Labute approximate surface area is 269 Å². The number of esters is 1. The van der Waals surface area contributed by atoms with Gasteiger partial charge < -0.3 is 25.0 Å². The van der Waals surface area contributed by atoms with Crippen LogP contribution in [0.25, 0.3) is 0 Å². The fourth-order valence-electron chi connectivity index (χ4n) is 4.93. The van der Waals surface area contributed by atoms with Crippen LogP contribution in [0.2, 0.25) is 0 Å². The number of carbonyl (C=O) groups excluding carboxylic acids is 4. The molecular weight excluding hydrogens is 570 g/mol. The number of nitrogens with one attached hydrogen (secondary N) is 2. The Morgan fingerprint density at radius 3 is 1.98 bits per heavy atom. The van der Waals surface area contributed by atoms with E-state index in [2.05, 4.69) is 10.6 Å². The minimum atomic E-state index is -1.09. The molecule has 0 saturated carbocycles. The van der Waals surface area contributed by atoms with E-state index in [0.29, 0.717) is 12.0 Å². The summed E-state index contributed by atoms with van der Waals surface area (Å²) in [5.41, 5.74) is 1.67. The summed E-state index contributed by atoms with van der Waals surface area (Å²) in [7, 11) is 0. The molecule has 0 fully saturated rings. The number of alkyl carbamates (subject to hydrolysis) is 1. The van der Waals surface area contributed by atoms with E-state index in [1.165, 1.54) is 4.90 Å². The van der Waals surface area contributed by atoms with Crippen molar-refractivity contribution in [3.63, 3.8) is 0 Å². The predicted molar refractivity (Wildman–Crippen MR) is 177 cm³/mol. The van der Waals surface area contributed by atoms with Gasteiger partial charge in [-0.25, -0.2) is 9.59 Å². The van der Waals surface area contributed by atoms with Gasteiger partial charge in [0.05, 0.1) is 0 Å². The normalized spacial score (nSPS) is 14.4. The van der Waals surface area contributed by atoms with Gasteiger partial charge in [-0.05, 0) is 84.9 Å². The van der Waals surface area contributed by atoms with E-state index in [0.717, 1.165) is 16.7 Å². The van der Waals surface area contributed by atoms with Crippen LogP contribution in [0.5, 0.6) is 0 Å². The molecule has 2 rings (SSSR count). The Hall–Kier alpha value is -3.88. The molecule has 45 heavy (non-hydrogen) atoms. The van der Waals surface area contributed by atoms with Crippen LogP contribution in [0.1, 0.15) is 97.0 Å². The second-order valence-electron chi connectivity index (χ2n) is 13.7. The zero-order chi connectivity index (χ0) is 34.1. The highest BCUT2D eigenvalue weighted by molar-refractivity contribution is 5.94. The molecule has 0 aliphatic carbocycles. The van der Waals surface area contributed by atoms with Gasteiger partial charge in [-0.1, -0.05) is 74.4 Å². The Morgan fingerprint density at radius 1 is 0.844 bits per heavy atom. The van der Waals surface area contributed by atoms with E-state index in [1.54, 1.807) is 48.5 Å². The quantitative estimate of drug-likeness (QED) is 0.272. The van der Waals surface area contributed by atoms with Crippen molar-refractivity contribution in [2.75, 3.05) is 6.54 Å². The molecule has 2 aromatic rings. The zero-order valence-electron chi connectivity index (χ0n) is 28.9. The van der Waals surface area contributed by atoms with Gasteiger partial charge >= 0.3 is 12.1 Å². The molecule has 4 atom stereocenters. The number of rotatable bonds is 12. The van der Waals surface area contributed by atoms with E-state index in [1.807, 2.05) is 76.2 Å². The second-order valence-corrected chi connectivity index (χ2v) is 13.7. The first-order valence-corrected chi connectivity index (χ1v) is 15.8. The lowest BCUT2D eigenvalue weighted by atomic mass is 9.93. The number of aryl methyl sites for hydroxylation is 2. The van der Waals surface area contributed by atoms with Gasteiger partial charge in [0.2, 0.25) is 11.8 Å². The number of nitrogens with zero attached hydrogens (tertiary/aromatic N) is 1. The van der Waals surface area contributed by atoms with Crippen molar-refractivity contribution in [3.8, 4) is 0 Å². The molecule has 0 radical (unpaired) electrons. The van der Waals surface area contributed by atoms with Crippen LogP contribution in [0.3, 0.4) is 0 Å². The standard InChI is InChI=1S/C36H53N3O6/c1-12-24(4)29(38-34(43)45-36(9,10)11)32(41)39(13-2)30(27-21-23(3)19-20-25(27)5)31(40)37-28(33(42)44-35(6,7)8)22-26-17-15-14-16-18-26/h14-21,24,28-30H,12-13,22H2,1-11H3,(H,37,40)(H,38,43). The molecular formula is C36H53N3O6. The fraction of sp³-hybridized carbons (Fsp3) is 0.556. The van der Waals surface area contributed by atoms with Crippen LogP contribution < -0.4 is 10.6 Å². The molecule has 0 aliphatic rings. The van der Waals surface area contributed by atoms with E-state index in [-0.39, 0.29) is 18.9 Å². The number of hydrogen-bond acceptors (Lipinski definition) is 6. The largest absolute Gasteiger partial charge is 0.458 e. The number of likely N-dealkylation sites (N-methyl/N-ethyl adjacent to an activating group) is 1. The Morgan fingerprint density at radius 2 is 1.44 bits per heavy atom. The Bertz CT molecular complexity index is 1310. The third-order valence-corrected chi connectivity index (χ3v) is 7.35. The SMILES string of the molecule is CCC(C)C(NC(=O)OC(C)(C)C)C(=O)N(CC)C(C(=O)NC(Cc1ccccc1)C(=O)OC(C)(C)C)c1cc(C)ccc1C. The highest BCUT2D eigenvalue weighted by Gasteiger charge is 2.39. The maximum atomic E-state index is 14.4. The van der Waals surface area contributed by atoms with Crippen LogP contribution in [0.4, 0.5) is 4.79 Å². The molecule has 0 bridgehead atoms. The number of carbonyl (C=O) groups is 4. The van der Waals surface area contributed by atoms with E-state index < -0.39 is 53.2 Å². The number of amides is 3. The van der Waals surface area contributed by atoms with E-state index in [4.69, 9.17) is 9.47 Å². The minimum Gasteiger partial charge on any atom is -0.458 e. The molecule has 3 amide bonds. The summed E-state index contributed by atoms with van der Waals surface area (Å²) in [6.07, 6.45) is 0.0939. The molecule has 9 nitrogen and oxygen atoms in total. The van der Waals surface area contributed by atoms with Gasteiger partial charge in [-0.3, -0.25) is 9.59 Å². The van der Waals surface area contributed by atoms with Gasteiger partial charge in [-0.15, -0.1) is 0 Å². The first-order valence-electron chi connectivity index (χ1n) is 15.8. The zero-order valence-corrected chi connectivity index (χ0v) is 28.9. The molecule has 4 unspecified atom stereocenters. The lowest BCUT2D eigenvalue weighted by Crippen LogP contribution is -2.56. The Kier molecular flexibility index (Phi) is 13.2. The van der Waals surface area contributed by atoms with Crippen molar-refractivity contribution >= 4 is 23.9 Å². The second kappa shape index (κ2) is 15.9. The minimum absolute atomic E-state index is 0.170. The van der Waals surface area contributed by atoms with Crippen molar-refractivity contribution in [1.82, 2.24) is 15.5 Å². The molecule has 0 saturated heterocycles. The van der Waals surface area contributed by atoms with Crippen molar-refractivity contribution < 1.29 is 28.7 Å². The van der Waals surface area contributed by atoms with E-state index in [9.17, 15) is 19.2 Å². The molecule has 2 aromatic carbocycles. The number of ether oxygens (including phenoxy) is 2. The summed E-state index contributed by atoms with van der Waals surface area (Å²) in [6, 6.07) is 12.1. The van der Waals surface area contributed by atoms with Crippen molar-refractivity contribution in [2.24, 2.45) is 5.92 Å². The maximum Gasteiger partial charge on any atom is 0.408 e. The monoisotopic (exact) mass is 623 g/mol. The van der Waals surface area contributed by atoms with E-state index >= 15 is 0 Å². The Balaban J connectivity index is 2.60. The highest BCUT2D eigenvalue weighted by atomic mass is 16.6. The first kappa shape index (κ1) is 37.3. The summed E-state index contributed by atoms with van der Waals surface area (Å²) in [6.45, 7) is 20.1. The van der Waals surface area contributed by atoms with Gasteiger partial charge in [0.15, 0.2) is 0 Å². The number of hydrogen-bond donors (Lipinski definition) is 2. The van der Waals surface area contributed by atoms with Crippen molar-refractivity contribution in [3.05, 3.63) is 70.8 Å². The fourth-order valence-corrected chi connectivity index (χ4v) is 4.93. The molecule has 0 aromatic heterocycles. The lowest BCUT2D eigenvalue weighted by Gasteiger charge is -2.36. The summed E-state index contributed by atoms with van der Waals surface area (Å²) in [5, 5.41) is 5.71. The third-order valence-electron chi connectivity index (χ3n) is 7.35. The first-order chi connectivity index (χ1) is 20.9. The highest BCUT2D eigenvalue weighted by Crippen LogP contribution is 2.28. The van der Waals surface area contributed by atoms with Crippen LogP contribution in [0.15, 0.2) is 48.5 Å². The average Bonchev–Trinajstić information content (AvgIpc) is 2.93. The predicted octanol–water partition coefficient (Wildman–Crippen LogP) is 6.20. The molecule has 9 heteroatoms. The summed E-state index contributed by atoms with van der Waals surface area (Å²) in [5.74, 6) is -1.77. The summed E-state index contributed by atoms with van der Waals surface area (Å²) >= 11 is 0.